The van der Waals surface area contributed by atoms with Crippen LogP contribution in [-0.2, 0) is 5.54 Å². The van der Waals surface area contributed by atoms with Crippen molar-refractivity contribution < 1.29 is 4.39 Å². The highest BCUT2D eigenvalue weighted by Crippen LogP contribution is 2.40. The Morgan fingerprint density at radius 3 is 2.94 bits per heavy atom. The highest BCUT2D eigenvalue weighted by atomic mass is 35.5. The van der Waals surface area contributed by atoms with Crippen LogP contribution in [0.3, 0.4) is 0 Å². The molecular weight excluding hydrogens is 237 g/mol. The zero-order valence-corrected chi connectivity index (χ0v) is 10.9. The molecule has 17 heavy (non-hydrogen) atoms. The summed E-state index contributed by atoms with van der Waals surface area (Å²) in [4.78, 5) is 0. The van der Waals surface area contributed by atoms with Gasteiger partial charge in [0.25, 0.3) is 0 Å². The molecule has 1 aromatic rings. The van der Waals surface area contributed by atoms with Crippen LogP contribution in [0.5, 0.6) is 0 Å². The van der Waals surface area contributed by atoms with Gasteiger partial charge in [0, 0.05) is 16.1 Å². The lowest BCUT2D eigenvalue weighted by Gasteiger charge is -2.38. The molecule has 1 aliphatic carbocycles. The summed E-state index contributed by atoms with van der Waals surface area (Å²) in [7, 11) is 0. The van der Waals surface area contributed by atoms with E-state index in [0.717, 1.165) is 25.7 Å². The third-order valence-electron chi connectivity index (χ3n) is 3.93. The lowest BCUT2D eigenvalue weighted by Crippen LogP contribution is -2.42. The second kappa shape index (κ2) is 4.95. The average Bonchev–Trinajstić information content (AvgIpc) is 2.28. The number of halogens is 2. The van der Waals surface area contributed by atoms with Gasteiger partial charge >= 0.3 is 0 Å². The quantitative estimate of drug-likeness (QED) is 0.841. The number of rotatable bonds is 2. The largest absolute Gasteiger partial charge is 0.321 e. The molecule has 3 heteroatoms. The van der Waals surface area contributed by atoms with Crippen molar-refractivity contribution in [2.24, 2.45) is 11.7 Å². The molecule has 2 N–H and O–H groups in total. The van der Waals surface area contributed by atoms with E-state index >= 15 is 0 Å². The van der Waals surface area contributed by atoms with Crippen LogP contribution in [0.25, 0.3) is 0 Å². The van der Waals surface area contributed by atoms with E-state index in [-0.39, 0.29) is 5.82 Å². The Balaban J connectivity index is 2.30. The highest BCUT2D eigenvalue weighted by molar-refractivity contribution is 6.30. The van der Waals surface area contributed by atoms with E-state index in [4.69, 9.17) is 17.3 Å². The second-order valence-electron chi connectivity index (χ2n) is 5.15. The van der Waals surface area contributed by atoms with Gasteiger partial charge in [0.2, 0.25) is 0 Å². The fraction of sp³-hybridized carbons (Fsp3) is 0.571. The summed E-state index contributed by atoms with van der Waals surface area (Å²) in [5.74, 6) is 0.348. The van der Waals surface area contributed by atoms with Crippen molar-refractivity contribution in [2.45, 2.75) is 44.6 Å². The Bertz CT molecular complexity index is 407. The molecule has 1 aromatic carbocycles. The van der Waals surface area contributed by atoms with Crippen LogP contribution in [0.4, 0.5) is 4.39 Å². The number of hydrogen-bond acceptors (Lipinski definition) is 1. The minimum absolute atomic E-state index is 0.267. The number of benzene rings is 1. The molecular formula is C14H19ClFN. The summed E-state index contributed by atoms with van der Waals surface area (Å²) >= 11 is 5.78. The smallest absolute Gasteiger partial charge is 0.129 e. The van der Waals surface area contributed by atoms with Gasteiger partial charge in [-0.25, -0.2) is 4.39 Å². The van der Waals surface area contributed by atoms with Gasteiger partial charge in [-0.1, -0.05) is 43.9 Å². The Hall–Kier alpha value is -0.600. The first-order valence-electron chi connectivity index (χ1n) is 6.29. The van der Waals surface area contributed by atoms with Gasteiger partial charge in [0.1, 0.15) is 5.82 Å². The predicted molar refractivity (Wildman–Crippen MR) is 69.5 cm³/mol. The van der Waals surface area contributed by atoms with Crippen LogP contribution in [0.15, 0.2) is 18.2 Å². The fourth-order valence-electron chi connectivity index (χ4n) is 2.91. The third-order valence-corrected chi connectivity index (χ3v) is 4.17. The monoisotopic (exact) mass is 255 g/mol. The van der Waals surface area contributed by atoms with Crippen LogP contribution >= 0.6 is 11.6 Å². The van der Waals surface area contributed by atoms with Crippen molar-refractivity contribution in [3.63, 3.8) is 0 Å². The van der Waals surface area contributed by atoms with Gasteiger partial charge in [-0.15, -0.1) is 0 Å². The van der Waals surface area contributed by atoms with E-state index < -0.39 is 5.54 Å². The topological polar surface area (TPSA) is 26.0 Å². The molecule has 1 nitrogen and oxygen atoms in total. The van der Waals surface area contributed by atoms with E-state index in [1.54, 1.807) is 12.1 Å². The minimum Gasteiger partial charge on any atom is -0.321 e. The maximum absolute atomic E-state index is 13.9. The molecule has 0 saturated heterocycles. The van der Waals surface area contributed by atoms with Crippen LogP contribution in [0.1, 0.15) is 44.6 Å². The van der Waals surface area contributed by atoms with Gasteiger partial charge in [-0.3, -0.25) is 0 Å². The first-order chi connectivity index (χ1) is 8.05. The van der Waals surface area contributed by atoms with Crippen molar-refractivity contribution in [1.29, 1.82) is 0 Å². The molecule has 2 rings (SSSR count). The molecule has 0 aliphatic heterocycles. The number of hydrogen-bond donors (Lipinski definition) is 1. The molecule has 1 aliphatic rings. The van der Waals surface area contributed by atoms with Crippen LogP contribution in [-0.4, -0.2) is 0 Å². The molecule has 1 fully saturated rings. The predicted octanol–water partition coefficient (Wildman–Crippen LogP) is 4.23. The second-order valence-corrected chi connectivity index (χ2v) is 5.59. The summed E-state index contributed by atoms with van der Waals surface area (Å²) in [5, 5.41) is 0.428. The zero-order chi connectivity index (χ0) is 12.5. The third kappa shape index (κ3) is 2.63. The molecule has 2 atom stereocenters. The Labute approximate surface area is 107 Å². The maximum Gasteiger partial charge on any atom is 0.129 e. The van der Waals surface area contributed by atoms with Crippen molar-refractivity contribution in [3.8, 4) is 0 Å². The van der Waals surface area contributed by atoms with E-state index in [1.807, 2.05) is 0 Å². The molecule has 2 unspecified atom stereocenters. The van der Waals surface area contributed by atoms with E-state index in [1.165, 1.54) is 12.5 Å². The first kappa shape index (κ1) is 12.8. The van der Waals surface area contributed by atoms with Gasteiger partial charge < -0.3 is 5.73 Å². The Morgan fingerprint density at radius 1 is 1.53 bits per heavy atom. The maximum atomic E-state index is 13.9. The summed E-state index contributed by atoms with van der Waals surface area (Å²) in [6.07, 6.45) is 5.15. The van der Waals surface area contributed by atoms with E-state index in [9.17, 15) is 4.39 Å². The van der Waals surface area contributed by atoms with E-state index in [0.29, 0.717) is 16.5 Å². The van der Waals surface area contributed by atoms with Crippen molar-refractivity contribution in [2.75, 3.05) is 0 Å². The molecule has 0 amide bonds. The highest BCUT2D eigenvalue weighted by Gasteiger charge is 2.35. The Morgan fingerprint density at radius 2 is 2.29 bits per heavy atom. The Kier molecular flexibility index (Phi) is 3.74. The average molecular weight is 256 g/mol. The van der Waals surface area contributed by atoms with Gasteiger partial charge in [-0.05, 0) is 30.9 Å². The lowest BCUT2D eigenvalue weighted by molar-refractivity contribution is 0.216. The molecule has 0 spiro atoms. The normalized spacial score (nSPS) is 29.3. The standard InChI is InChI=1S/C14H19ClFN/c1-2-10-4-3-7-14(17,9-10)12-6-5-11(15)8-13(12)16/h5-6,8,10H,2-4,7,9,17H2,1H3. The van der Waals surface area contributed by atoms with Crippen LogP contribution in [0.2, 0.25) is 5.02 Å². The van der Waals surface area contributed by atoms with Gasteiger partial charge in [0.05, 0.1) is 0 Å². The van der Waals surface area contributed by atoms with Crippen molar-refractivity contribution in [3.05, 3.63) is 34.6 Å². The number of nitrogens with two attached hydrogens (primary N) is 1. The van der Waals surface area contributed by atoms with Gasteiger partial charge in [-0.2, -0.15) is 0 Å². The van der Waals surface area contributed by atoms with Crippen molar-refractivity contribution in [1.82, 2.24) is 0 Å². The fourth-order valence-corrected chi connectivity index (χ4v) is 3.07. The summed E-state index contributed by atoms with van der Waals surface area (Å²) < 4.78 is 13.9. The molecule has 1 saturated carbocycles. The summed E-state index contributed by atoms with van der Waals surface area (Å²) in [6.45, 7) is 2.18. The van der Waals surface area contributed by atoms with Gasteiger partial charge in [0.15, 0.2) is 0 Å². The molecule has 94 valence electrons. The zero-order valence-electron chi connectivity index (χ0n) is 10.2. The van der Waals surface area contributed by atoms with E-state index in [2.05, 4.69) is 6.92 Å². The first-order valence-corrected chi connectivity index (χ1v) is 6.67. The molecule has 0 radical (unpaired) electrons. The van der Waals surface area contributed by atoms with Crippen LogP contribution < -0.4 is 5.73 Å². The van der Waals surface area contributed by atoms with Crippen LogP contribution in [0, 0.1) is 11.7 Å². The summed E-state index contributed by atoms with van der Waals surface area (Å²) in [5.41, 5.74) is 6.53. The molecule has 0 heterocycles. The SMILES string of the molecule is CCC1CCCC(N)(c2ccc(Cl)cc2F)C1. The minimum atomic E-state index is -0.506. The molecule has 0 aromatic heterocycles. The van der Waals surface area contributed by atoms with Crippen molar-refractivity contribution >= 4 is 11.6 Å². The lowest BCUT2D eigenvalue weighted by atomic mass is 9.72. The molecule has 0 bridgehead atoms. The summed E-state index contributed by atoms with van der Waals surface area (Å²) in [6, 6.07) is 4.83.